The molecular formula is C16H16Br2O6S2. The summed E-state index contributed by atoms with van der Waals surface area (Å²) in [5.74, 6) is -0.722. The fraction of sp³-hybridized carbons (Fsp3) is 0.375. The largest absolute Gasteiger partial charge is 0.459 e. The highest BCUT2D eigenvalue weighted by Crippen LogP contribution is 2.23. The summed E-state index contributed by atoms with van der Waals surface area (Å²) in [6.45, 7) is 1.69. The SMILES string of the molecule is O=C(OCCOCCOCCOC(=O)c1ccc(Br)s1)c1ccc(Br)s1. The standard InChI is InChI=1S/C16H16Br2O6S2/c17-13-3-1-11(25-13)15(19)23-9-7-21-5-6-22-8-10-24-16(20)12-2-4-14(18)26-12/h1-4H,5-10H2. The fourth-order valence-electron chi connectivity index (χ4n) is 1.70. The Kier molecular flexibility index (Phi) is 9.79. The topological polar surface area (TPSA) is 71.1 Å². The van der Waals surface area contributed by atoms with E-state index in [4.69, 9.17) is 18.9 Å². The van der Waals surface area contributed by atoms with Crippen LogP contribution in [0.2, 0.25) is 0 Å². The molecule has 0 bridgehead atoms. The van der Waals surface area contributed by atoms with Crippen LogP contribution in [0.15, 0.2) is 31.8 Å². The second kappa shape index (κ2) is 11.8. The predicted molar refractivity (Wildman–Crippen MR) is 106 cm³/mol. The van der Waals surface area contributed by atoms with Crippen molar-refractivity contribution >= 4 is 66.5 Å². The number of thiophene rings is 2. The van der Waals surface area contributed by atoms with Gasteiger partial charge in [-0.25, -0.2) is 9.59 Å². The molecule has 2 rings (SSSR count). The lowest BCUT2D eigenvalue weighted by Crippen LogP contribution is -2.14. The molecule has 0 radical (unpaired) electrons. The third-order valence-electron chi connectivity index (χ3n) is 2.84. The highest BCUT2D eigenvalue weighted by atomic mass is 79.9. The van der Waals surface area contributed by atoms with Gasteiger partial charge in [-0.05, 0) is 56.1 Å². The molecule has 0 saturated heterocycles. The first-order valence-electron chi connectivity index (χ1n) is 7.56. The zero-order valence-electron chi connectivity index (χ0n) is 13.6. The van der Waals surface area contributed by atoms with Gasteiger partial charge in [0.25, 0.3) is 0 Å². The van der Waals surface area contributed by atoms with E-state index in [1.54, 1.807) is 24.3 Å². The highest BCUT2D eigenvalue weighted by molar-refractivity contribution is 9.11. The molecule has 6 nitrogen and oxygen atoms in total. The van der Waals surface area contributed by atoms with Crippen LogP contribution in [0.1, 0.15) is 19.3 Å². The van der Waals surface area contributed by atoms with Crippen molar-refractivity contribution in [2.75, 3.05) is 39.6 Å². The minimum atomic E-state index is -0.361. The summed E-state index contributed by atoms with van der Waals surface area (Å²) >= 11 is 9.23. The molecule has 0 saturated carbocycles. The maximum absolute atomic E-state index is 11.7. The van der Waals surface area contributed by atoms with Crippen molar-refractivity contribution in [3.8, 4) is 0 Å². The molecule has 2 aromatic heterocycles. The van der Waals surface area contributed by atoms with Gasteiger partial charge in [0.15, 0.2) is 0 Å². The van der Waals surface area contributed by atoms with Gasteiger partial charge in [0, 0.05) is 0 Å². The highest BCUT2D eigenvalue weighted by Gasteiger charge is 2.10. The van der Waals surface area contributed by atoms with E-state index >= 15 is 0 Å². The van der Waals surface area contributed by atoms with Gasteiger partial charge in [-0.15, -0.1) is 22.7 Å². The first-order chi connectivity index (χ1) is 12.6. The van der Waals surface area contributed by atoms with Gasteiger partial charge >= 0.3 is 11.9 Å². The minimum absolute atomic E-state index is 0.183. The van der Waals surface area contributed by atoms with E-state index in [0.29, 0.717) is 36.2 Å². The first kappa shape index (κ1) is 21.5. The fourth-order valence-corrected chi connectivity index (χ4v) is 4.26. The number of carbonyl (C=O) groups excluding carboxylic acids is 2. The molecule has 142 valence electrons. The summed E-state index contributed by atoms with van der Waals surface area (Å²) in [7, 11) is 0. The van der Waals surface area contributed by atoms with E-state index in [1.807, 2.05) is 0 Å². The second-order valence-electron chi connectivity index (χ2n) is 4.70. The monoisotopic (exact) mass is 526 g/mol. The van der Waals surface area contributed by atoms with E-state index in [-0.39, 0.29) is 25.2 Å². The molecule has 0 aliphatic rings. The summed E-state index contributed by atoms with van der Waals surface area (Å²) in [5, 5.41) is 0. The van der Waals surface area contributed by atoms with Crippen LogP contribution in [0.25, 0.3) is 0 Å². The van der Waals surface area contributed by atoms with Gasteiger partial charge in [0.05, 0.1) is 34.0 Å². The van der Waals surface area contributed by atoms with Crippen LogP contribution in [-0.4, -0.2) is 51.6 Å². The van der Waals surface area contributed by atoms with Crippen molar-refractivity contribution in [1.29, 1.82) is 0 Å². The third kappa shape index (κ3) is 7.85. The lowest BCUT2D eigenvalue weighted by Gasteiger charge is -2.07. The van der Waals surface area contributed by atoms with Gasteiger partial charge in [-0.1, -0.05) is 0 Å². The van der Waals surface area contributed by atoms with E-state index in [9.17, 15) is 9.59 Å². The van der Waals surface area contributed by atoms with Gasteiger partial charge in [0.2, 0.25) is 0 Å². The van der Waals surface area contributed by atoms with Gasteiger partial charge in [0.1, 0.15) is 23.0 Å². The van der Waals surface area contributed by atoms with E-state index in [0.717, 1.165) is 7.57 Å². The Morgan fingerprint density at radius 2 is 1.08 bits per heavy atom. The van der Waals surface area contributed by atoms with Crippen LogP contribution >= 0.6 is 54.5 Å². The molecule has 0 unspecified atom stereocenters. The summed E-state index contributed by atoms with van der Waals surface area (Å²) in [5.41, 5.74) is 0. The van der Waals surface area contributed by atoms with E-state index < -0.39 is 0 Å². The van der Waals surface area contributed by atoms with Crippen LogP contribution in [0.5, 0.6) is 0 Å². The van der Waals surface area contributed by atoms with E-state index in [2.05, 4.69) is 31.9 Å². The Labute approximate surface area is 175 Å². The van der Waals surface area contributed by atoms with Crippen molar-refractivity contribution in [2.24, 2.45) is 0 Å². The van der Waals surface area contributed by atoms with Crippen molar-refractivity contribution in [1.82, 2.24) is 0 Å². The number of hydrogen-bond acceptors (Lipinski definition) is 8. The van der Waals surface area contributed by atoms with Crippen LogP contribution < -0.4 is 0 Å². The number of carbonyl (C=O) groups is 2. The maximum atomic E-state index is 11.7. The van der Waals surface area contributed by atoms with Crippen molar-refractivity contribution in [2.45, 2.75) is 0 Å². The van der Waals surface area contributed by atoms with Gasteiger partial charge < -0.3 is 18.9 Å². The van der Waals surface area contributed by atoms with Crippen molar-refractivity contribution in [3.05, 3.63) is 41.6 Å². The van der Waals surface area contributed by atoms with Crippen molar-refractivity contribution < 1.29 is 28.5 Å². The zero-order valence-corrected chi connectivity index (χ0v) is 18.4. The van der Waals surface area contributed by atoms with Gasteiger partial charge in [-0.2, -0.15) is 0 Å². The van der Waals surface area contributed by atoms with Crippen LogP contribution in [0.3, 0.4) is 0 Å². The average Bonchev–Trinajstić information content (AvgIpc) is 3.24. The molecular weight excluding hydrogens is 512 g/mol. The molecule has 2 aromatic rings. The molecule has 0 amide bonds. The normalized spacial score (nSPS) is 10.7. The predicted octanol–water partition coefficient (Wildman–Crippen LogP) is 4.38. The lowest BCUT2D eigenvalue weighted by molar-refractivity contribution is 0.00256. The van der Waals surface area contributed by atoms with Crippen LogP contribution in [0, 0.1) is 0 Å². The number of ether oxygens (including phenoxy) is 4. The zero-order chi connectivity index (χ0) is 18.8. The van der Waals surface area contributed by atoms with E-state index in [1.165, 1.54) is 22.7 Å². The average molecular weight is 528 g/mol. The minimum Gasteiger partial charge on any atom is -0.459 e. The molecule has 0 atom stereocenters. The first-order valence-corrected chi connectivity index (χ1v) is 10.8. The number of rotatable bonds is 11. The molecule has 10 heteroatoms. The third-order valence-corrected chi connectivity index (χ3v) is 6.05. The molecule has 0 aromatic carbocycles. The van der Waals surface area contributed by atoms with Crippen molar-refractivity contribution in [3.63, 3.8) is 0 Å². The quantitative estimate of drug-likeness (QED) is 0.319. The number of esters is 2. The Morgan fingerprint density at radius 1 is 0.692 bits per heavy atom. The molecule has 26 heavy (non-hydrogen) atoms. The molecule has 0 spiro atoms. The Bertz CT molecular complexity index is 655. The van der Waals surface area contributed by atoms with Crippen LogP contribution in [0.4, 0.5) is 0 Å². The molecule has 0 aliphatic heterocycles. The molecule has 2 heterocycles. The molecule has 0 aliphatic carbocycles. The summed E-state index contributed by atoms with van der Waals surface area (Å²) < 4.78 is 22.5. The van der Waals surface area contributed by atoms with Crippen LogP contribution in [-0.2, 0) is 18.9 Å². The smallest absolute Gasteiger partial charge is 0.348 e. The maximum Gasteiger partial charge on any atom is 0.348 e. The lowest BCUT2D eigenvalue weighted by atomic mass is 10.5. The molecule has 0 fully saturated rings. The Balaban J connectivity index is 1.41. The number of hydrogen-bond donors (Lipinski definition) is 0. The Hall–Kier alpha value is -0.780. The number of halogens is 2. The summed E-state index contributed by atoms with van der Waals surface area (Å²) in [6, 6.07) is 7.00. The second-order valence-corrected chi connectivity index (χ2v) is 9.63. The molecule has 0 N–H and O–H groups in total. The summed E-state index contributed by atoms with van der Waals surface area (Å²) in [4.78, 5) is 24.4. The Morgan fingerprint density at radius 3 is 1.42 bits per heavy atom. The summed E-state index contributed by atoms with van der Waals surface area (Å²) in [6.07, 6.45) is 0. The van der Waals surface area contributed by atoms with Gasteiger partial charge in [-0.3, -0.25) is 0 Å².